The molecule has 25 heavy (non-hydrogen) atoms. The number of aromatic nitrogens is 2. The SMILES string of the molecule is CCN1CCC(N(C)C(=O)c2cnn(Cc3ccccc3Cl)c2)CC1. The highest BCUT2D eigenvalue weighted by Crippen LogP contribution is 2.19. The third kappa shape index (κ3) is 4.22. The van der Waals surface area contributed by atoms with E-state index in [0.717, 1.165) is 38.0 Å². The fourth-order valence-electron chi connectivity index (χ4n) is 3.35. The molecule has 134 valence electrons. The first-order valence-electron chi connectivity index (χ1n) is 8.84. The van der Waals surface area contributed by atoms with Crippen molar-refractivity contribution in [3.05, 3.63) is 52.8 Å². The zero-order valence-corrected chi connectivity index (χ0v) is 15.6. The lowest BCUT2D eigenvalue weighted by atomic mass is 10.0. The maximum Gasteiger partial charge on any atom is 0.257 e. The summed E-state index contributed by atoms with van der Waals surface area (Å²) < 4.78 is 1.77. The molecule has 0 radical (unpaired) electrons. The second-order valence-corrected chi connectivity index (χ2v) is 7.01. The van der Waals surface area contributed by atoms with Gasteiger partial charge in [-0.25, -0.2) is 0 Å². The smallest absolute Gasteiger partial charge is 0.257 e. The average Bonchev–Trinajstić information content (AvgIpc) is 3.11. The highest BCUT2D eigenvalue weighted by Gasteiger charge is 2.26. The number of likely N-dealkylation sites (tertiary alicyclic amines) is 1. The molecule has 6 heteroatoms. The molecular formula is C19H25ClN4O. The Morgan fingerprint density at radius 3 is 2.72 bits per heavy atom. The van der Waals surface area contributed by atoms with Gasteiger partial charge in [0.15, 0.2) is 0 Å². The molecule has 5 nitrogen and oxygen atoms in total. The van der Waals surface area contributed by atoms with Gasteiger partial charge in [-0.15, -0.1) is 0 Å². The molecule has 1 saturated heterocycles. The Kier molecular flexibility index (Phi) is 5.76. The molecule has 1 aromatic carbocycles. The number of benzene rings is 1. The van der Waals surface area contributed by atoms with E-state index < -0.39 is 0 Å². The molecular weight excluding hydrogens is 336 g/mol. The molecule has 1 aliphatic rings. The molecule has 2 heterocycles. The number of halogens is 1. The van der Waals surface area contributed by atoms with Crippen LogP contribution in [0.3, 0.4) is 0 Å². The van der Waals surface area contributed by atoms with Gasteiger partial charge in [0, 0.05) is 37.4 Å². The minimum absolute atomic E-state index is 0.0420. The van der Waals surface area contributed by atoms with Crippen LogP contribution in [-0.4, -0.2) is 58.2 Å². The van der Waals surface area contributed by atoms with Crippen molar-refractivity contribution >= 4 is 17.5 Å². The summed E-state index contributed by atoms with van der Waals surface area (Å²) in [6.07, 6.45) is 5.52. The molecule has 1 amide bonds. The summed E-state index contributed by atoms with van der Waals surface area (Å²) in [5, 5.41) is 5.04. The molecule has 0 N–H and O–H groups in total. The lowest BCUT2D eigenvalue weighted by molar-refractivity contribution is 0.0647. The van der Waals surface area contributed by atoms with Crippen LogP contribution in [0.5, 0.6) is 0 Å². The molecule has 0 unspecified atom stereocenters. The maximum absolute atomic E-state index is 12.8. The van der Waals surface area contributed by atoms with Gasteiger partial charge in [0.2, 0.25) is 0 Å². The number of amides is 1. The molecule has 3 rings (SSSR count). The average molecular weight is 361 g/mol. The summed E-state index contributed by atoms with van der Waals surface area (Å²) in [7, 11) is 1.90. The van der Waals surface area contributed by atoms with E-state index in [1.165, 1.54) is 0 Å². The third-order valence-electron chi connectivity index (χ3n) is 5.04. The number of carbonyl (C=O) groups excluding carboxylic acids is 1. The van der Waals surface area contributed by atoms with Crippen LogP contribution in [0.4, 0.5) is 0 Å². The second kappa shape index (κ2) is 8.02. The summed E-state index contributed by atoms with van der Waals surface area (Å²) in [6.45, 7) is 5.95. The van der Waals surface area contributed by atoms with E-state index in [-0.39, 0.29) is 5.91 Å². The molecule has 0 spiro atoms. The Bertz CT molecular complexity index is 722. The van der Waals surface area contributed by atoms with Gasteiger partial charge in [-0.05, 0) is 31.0 Å². The van der Waals surface area contributed by atoms with Gasteiger partial charge in [0.1, 0.15) is 0 Å². The van der Waals surface area contributed by atoms with E-state index in [1.807, 2.05) is 42.4 Å². The first-order chi connectivity index (χ1) is 12.1. The van der Waals surface area contributed by atoms with Gasteiger partial charge >= 0.3 is 0 Å². The Hall–Kier alpha value is -1.85. The van der Waals surface area contributed by atoms with E-state index in [4.69, 9.17) is 11.6 Å². The zero-order valence-electron chi connectivity index (χ0n) is 14.9. The van der Waals surface area contributed by atoms with Crippen molar-refractivity contribution < 1.29 is 4.79 Å². The van der Waals surface area contributed by atoms with Crippen LogP contribution >= 0.6 is 11.6 Å². The fourth-order valence-corrected chi connectivity index (χ4v) is 3.55. The molecule has 1 aromatic heterocycles. The van der Waals surface area contributed by atoms with Crippen LogP contribution in [0, 0.1) is 0 Å². The lowest BCUT2D eigenvalue weighted by Gasteiger charge is -2.36. The number of carbonyl (C=O) groups is 1. The van der Waals surface area contributed by atoms with E-state index in [0.29, 0.717) is 23.2 Å². The normalized spacial score (nSPS) is 16.1. The standard InChI is InChI=1S/C19H25ClN4O/c1-3-23-10-8-17(9-11-23)22(2)19(25)16-12-21-24(14-16)13-15-6-4-5-7-18(15)20/h4-7,12,14,17H,3,8-11,13H2,1-2H3. The predicted octanol–water partition coefficient (Wildman–Crippen LogP) is 3.14. The highest BCUT2D eigenvalue weighted by atomic mass is 35.5. The number of nitrogens with zero attached hydrogens (tertiary/aromatic N) is 4. The van der Waals surface area contributed by atoms with Gasteiger partial charge in [-0.1, -0.05) is 36.7 Å². The second-order valence-electron chi connectivity index (χ2n) is 6.60. The van der Waals surface area contributed by atoms with Crippen LogP contribution in [0.1, 0.15) is 35.7 Å². The van der Waals surface area contributed by atoms with Gasteiger partial charge < -0.3 is 9.80 Å². The van der Waals surface area contributed by atoms with Gasteiger partial charge in [0.25, 0.3) is 5.91 Å². The van der Waals surface area contributed by atoms with Crippen LogP contribution in [0.2, 0.25) is 5.02 Å². The summed E-state index contributed by atoms with van der Waals surface area (Å²) >= 11 is 6.20. The van der Waals surface area contributed by atoms with E-state index in [9.17, 15) is 4.79 Å². The van der Waals surface area contributed by atoms with E-state index in [2.05, 4.69) is 16.9 Å². The van der Waals surface area contributed by atoms with Crippen molar-refractivity contribution in [1.29, 1.82) is 0 Å². The number of piperidine rings is 1. The fraction of sp³-hybridized carbons (Fsp3) is 0.474. The van der Waals surface area contributed by atoms with E-state index in [1.54, 1.807) is 10.9 Å². The Morgan fingerprint density at radius 1 is 1.32 bits per heavy atom. The Balaban J connectivity index is 1.63. The van der Waals surface area contributed by atoms with Crippen molar-refractivity contribution in [2.45, 2.75) is 32.4 Å². The van der Waals surface area contributed by atoms with Crippen LogP contribution in [-0.2, 0) is 6.54 Å². The summed E-state index contributed by atoms with van der Waals surface area (Å²) in [5.74, 6) is 0.0420. The summed E-state index contributed by atoms with van der Waals surface area (Å²) in [6, 6.07) is 8.00. The van der Waals surface area contributed by atoms with Crippen molar-refractivity contribution in [3.8, 4) is 0 Å². The van der Waals surface area contributed by atoms with Crippen molar-refractivity contribution in [2.24, 2.45) is 0 Å². The largest absolute Gasteiger partial charge is 0.339 e. The number of hydrogen-bond donors (Lipinski definition) is 0. The molecule has 0 atom stereocenters. The molecule has 1 aliphatic heterocycles. The van der Waals surface area contributed by atoms with Crippen LogP contribution in [0.25, 0.3) is 0 Å². The van der Waals surface area contributed by atoms with Crippen LogP contribution in [0.15, 0.2) is 36.7 Å². The summed E-state index contributed by atoms with van der Waals surface area (Å²) in [5.41, 5.74) is 1.62. The minimum Gasteiger partial charge on any atom is -0.339 e. The molecule has 0 saturated carbocycles. The van der Waals surface area contributed by atoms with Crippen molar-refractivity contribution in [3.63, 3.8) is 0 Å². The molecule has 2 aromatic rings. The van der Waals surface area contributed by atoms with Gasteiger partial charge in [-0.3, -0.25) is 9.48 Å². The topological polar surface area (TPSA) is 41.4 Å². The van der Waals surface area contributed by atoms with Crippen molar-refractivity contribution in [1.82, 2.24) is 19.6 Å². The van der Waals surface area contributed by atoms with Crippen LogP contribution < -0.4 is 0 Å². The molecule has 1 fully saturated rings. The first kappa shape index (κ1) is 18.0. The van der Waals surface area contributed by atoms with Crippen molar-refractivity contribution in [2.75, 3.05) is 26.7 Å². The van der Waals surface area contributed by atoms with Gasteiger partial charge in [0.05, 0.1) is 18.3 Å². The number of hydrogen-bond acceptors (Lipinski definition) is 3. The lowest BCUT2D eigenvalue weighted by Crippen LogP contribution is -2.45. The quantitative estimate of drug-likeness (QED) is 0.822. The summed E-state index contributed by atoms with van der Waals surface area (Å²) in [4.78, 5) is 17.1. The predicted molar refractivity (Wildman–Crippen MR) is 100 cm³/mol. The maximum atomic E-state index is 12.8. The monoisotopic (exact) mass is 360 g/mol. The molecule has 0 aliphatic carbocycles. The Morgan fingerprint density at radius 2 is 2.04 bits per heavy atom. The Labute approximate surface area is 154 Å². The molecule has 0 bridgehead atoms. The minimum atomic E-state index is 0.0420. The highest BCUT2D eigenvalue weighted by molar-refractivity contribution is 6.31. The first-order valence-corrected chi connectivity index (χ1v) is 9.21. The number of rotatable bonds is 5. The van der Waals surface area contributed by atoms with Gasteiger partial charge in [-0.2, -0.15) is 5.10 Å². The zero-order chi connectivity index (χ0) is 17.8. The third-order valence-corrected chi connectivity index (χ3v) is 5.41. The van der Waals surface area contributed by atoms with E-state index >= 15 is 0 Å².